The minimum absolute atomic E-state index is 0.0118. The van der Waals surface area contributed by atoms with Gasteiger partial charge < -0.3 is 10.2 Å². The Morgan fingerprint density at radius 2 is 2.10 bits per heavy atom. The standard InChI is InChI=1S/C17H23FN2O/c1-3-20(11(2)12-4-6-13(18)7-5-12)17(21)15-10-14-8-9-16(15)19-14/h4-7,11,14-16,19H,3,8-10H2,1-2H3. The summed E-state index contributed by atoms with van der Waals surface area (Å²) in [7, 11) is 0. The minimum atomic E-state index is -0.238. The molecule has 1 amide bonds. The van der Waals surface area contributed by atoms with Crippen LogP contribution in [0.25, 0.3) is 0 Å². The molecule has 21 heavy (non-hydrogen) atoms. The van der Waals surface area contributed by atoms with E-state index in [1.807, 2.05) is 18.7 Å². The highest BCUT2D eigenvalue weighted by Crippen LogP contribution is 2.35. The first-order valence-electron chi connectivity index (χ1n) is 7.92. The van der Waals surface area contributed by atoms with Crippen LogP contribution in [0.4, 0.5) is 4.39 Å². The van der Waals surface area contributed by atoms with Gasteiger partial charge in [0.05, 0.1) is 12.0 Å². The third-order valence-corrected chi connectivity index (χ3v) is 5.06. The van der Waals surface area contributed by atoms with Crippen LogP contribution in [-0.2, 0) is 4.79 Å². The van der Waals surface area contributed by atoms with E-state index >= 15 is 0 Å². The second-order valence-corrected chi connectivity index (χ2v) is 6.24. The predicted molar refractivity (Wildman–Crippen MR) is 80.3 cm³/mol. The number of fused-ring (bicyclic) bond motifs is 2. The average Bonchev–Trinajstić information content (AvgIpc) is 3.11. The van der Waals surface area contributed by atoms with Gasteiger partial charge in [0.1, 0.15) is 5.82 Å². The average molecular weight is 290 g/mol. The molecule has 4 atom stereocenters. The number of carbonyl (C=O) groups is 1. The van der Waals surface area contributed by atoms with E-state index in [4.69, 9.17) is 0 Å². The van der Waals surface area contributed by atoms with E-state index in [1.54, 1.807) is 12.1 Å². The third kappa shape index (κ3) is 2.69. The normalized spacial score (nSPS) is 28.6. The van der Waals surface area contributed by atoms with Crippen LogP contribution in [0, 0.1) is 11.7 Å². The molecular weight excluding hydrogens is 267 g/mol. The number of carbonyl (C=O) groups excluding carboxylic acids is 1. The van der Waals surface area contributed by atoms with E-state index in [0.717, 1.165) is 18.4 Å². The van der Waals surface area contributed by atoms with E-state index in [9.17, 15) is 9.18 Å². The highest BCUT2D eigenvalue weighted by atomic mass is 19.1. The molecule has 4 heteroatoms. The summed E-state index contributed by atoms with van der Waals surface area (Å²) in [6.07, 6.45) is 3.29. The van der Waals surface area contributed by atoms with Gasteiger partial charge in [-0.15, -0.1) is 0 Å². The number of amides is 1. The van der Waals surface area contributed by atoms with Gasteiger partial charge in [0.15, 0.2) is 0 Å². The molecule has 0 spiro atoms. The quantitative estimate of drug-likeness (QED) is 0.925. The first kappa shape index (κ1) is 14.5. The molecule has 0 saturated carbocycles. The summed E-state index contributed by atoms with van der Waals surface area (Å²) in [5.41, 5.74) is 0.989. The van der Waals surface area contributed by atoms with Gasteiger partial charge in [-0.2, -0.15) is 0 Å². The van der Waals surface area contributed by atoms with Crippen molar-refractivity contribution >= 4 is 5.91 Å². The van der Waals surface area contributed by atoms with Crippen LogP contribution in [0.3, 0.4) is 0 Å². The third-order valence-electron chi connectivity index (χ3n) is 5.06. The zero-order chi connectivity index (χ0) is 15.0. The first-order chi connectivity index (χ1) is 10.1. The Bertz CT molecular complexity index is 516. The van der Waals surface area contributed by atoms with Crippen LogP contribution in [0.15, 0.2) is 24.3 Å². The van der Waals surface area contributed by atoms with E-state index in [2.05, 4.69) is 5.32 Å². The van der Waals surface area contributed by atoms with Gasteiger partial charge in [0, 0.05) is 18.6 Å². The Morgan fingerprint density at radius 3 is 2.62 bits per heavy atom. The van der Waals surface area contributed by atoms with Gasteiger partial charge in [0.25, 0.3) is 0 Å². The molecule has 114 valence electrons. The molecule has 2 bridgehead atoms. The summed E-state index contributed by atoms with van der Waals surface area (Å²) in [6, 6.07) is 7.35. The lowest BCUT2D eigenvalue weighted by atomic mass is 9.87. The topological polar surface area (TPSA) is 32.3 Å². The van der Waals surface area contributed by atoms with Gasteiger partial charge in [-0.25, -0.2) is 4.39 Å². The predicted octanol–water partition coefficient (Wildman–Crippen LogP) is 2.88. The molecule has 0 aliphatic carbocycles. The molecule has 2 aliphatic rings. The second-order valence-electron chi connectivity index (χ2n) is 6.24. The molecule has 2 aliphatic heterocycles. The number of halogens is 1. The molecule has 1 aromatic carbocycles. The first-order valence-corrected chi connectivity index (χ1v) is 7.92. The number of nitrogens with zero attached hydrogens (tertiary/aromatic N) is 1. The molecule has 0 aromatic heterocycles. The Kier molecular flexibility index (Phi) is 3.98. The molecule has 0 radical (unpaired) electrons. The van der Waals surface area contributed by atoms with Crippen LogP contribution < -0.4 is 5.32 Å². The summed E-state index contributed by atoms with van der Waals surface area (Å²) in [5.74, 6) is 0.123. The fraction of sp³-hybridized carbons (Fsp3) is 0.588. The fourth-order valence-corrected chi connectivity index (χ4v) is 3.85. The summed E-state index contributed by atoms with van der Waals surface area (Å²) < 4.78 is 13.1. The lowest BCUT2D eigenvalue weighted by molar-refractivity contribution is -0.138. The van der Waals surface area contributed by atoms with Crippen LogP contribution in [0.1, 0.15) is 44.7 Å². The number of benzene rings is 1. The molecule has 1 N–H and O–H groups in total. The zero-order valence-corrected chi connectivity index (χ0v) is 12.7. The van der Waals surface area contributed by atoms with Crippen molar-refractivity contribution in [1.82, 2.24) is 10.2 Å². The maximum absolute atomic E-state index is 13.1. The molecule has 4 unspecified atom stereocenters. The van der Waals surface area contributed by atoms with Gasteiger partial charge in [-0.1, -0.05) is 12.1 Å². The van der Waals surface area contributed by atoms with E-state index in [0.29, 0.717) is 18.6 Å². The fourth-order valence-electron chi connectivity index (χ4n) is 3.85. The molecule has 3 rings (SSSR count). The van der Waals surface area contributed by atoms with Crippen molar-refractivity contribution in [3.05, 3.63) is 35.6 Å². The Morgan fingerprint density at radius 1 is 1.38 bits per heavy atom. The van der Waals surface area contributed by atoms with Crippen molar-refractivity contribution < 1.29 is 9.18 Å². The number of rotatable bonds is 4. The Hall–Kier alpha value is -1.42. The van der Waals surface area contributed by atoms with Gasteiger partial charge in [0.2, 0.25) is 5.91 Å². The highest BCUT2D eigenvalue weighted by molar-refractivity contribution is 5.80. The lowest BCUT2D eigenvalue weighted by Crippen LogP contribution is -2.42. The largest absolute Gasteiger partial charge is 0.336 e. The van der Waals surface area contributed by atoms with Crippen LogP contribution in [0.2, 0.25) is 0 Å². The van der Waals surface area contributed by atoms with Crippen molar-refractivity contribution in [2.24, 2.45) is 5.92 Å². The van der Waals surface area contributed by atoms with Crippen molar-refractivity contribution in [2.75, 3.05) is 6.54 Å². The van der Waals surface area contributed by atoms with Gasteiger partial charge >= 0.3 is 0 Å². The SMILES string of the molecule is CCN(C(=O)C1CC2CCC1N2)C(C)c1ccc(F)cc1. The van der Waals surface area contributed by atoms with Crippen molar-refractivity contribution in [2.45, 2.75) is 51.2 Å². The minimum Gasteiger partial charge on any atom is -0.336 e. The Balaban J connectivity index is 1.74. The second kappa shape index (κ2) is 5.76. The van der Waals surface area contributed by atoms with E-state index in [1.165, 1.54) is 18.6 Å². The maximum Gasteiger partial charge on any atom is 0.227 e. The van der Waals surface area contributed by atoms with Crippen LogP contribution >= 0.6 is 0 Å². The molecule has 2 saturated heterocycles. The lowest BCUT2D eigenvalue weighted by Gasteiger charge is -2.33. The monoisotopic (exact) mass is 290 g/mol. The van der Waals surface area contributed by atoms with Gasteiger partial charge in [-0.3, -0.25) is 4.79 Å². The number of hydrogen-bond donors (Lipinski definition) is 1. The molecule has 2 fully saturated rings. The highest BCUT2D eigenvalue weighted by Gasteiger charge is 2.44. The zero-order valence-electron chi connectivity index (χ0n) is 12.7. The number of hydrogen-bond acceptors (Lipinski definition) is 2. The van der Waals surface area contributed by atoms with E-state index < -0.39 is 0 Å². The van der Waals surface area contributed by atoms with Crippen molar-refractivity contribution in [3.8, 4) is 0 Å². The van der Waals surface area contributed by atoms with Crippen LogP contribution in [-0.4, -0.2) is 29.4 Å². The summed E-state index contributed by atoms with van der Waals surface area (Å²) in [5, 5.41) is 3.53. The van der Waals surface area contributed by atoms with Crippen LogP contribution in [0.5, 0.6) is 0 Å². The number of nitrogens with one attached hydrogen (secondary N) is 1. The summed E-state index contributed by atoms with van der Waals surface area (Å²) in [6.45, 7) is 4.72. The summed E-state index contributed by atoms with van der Waals surface area (Å²) >= 11 is 0. The molecule has 2 heterocycles. The van der Waals surface area contributed by atoms with Gasteiger partial charge in [-0.05, 0) is 50.8 Å². The maximum atomic E-state index is 13.1. The Labute approximate surface area is 125 Å². The van der Waals surface area contributed by atoms with Crippen molar-refractivity contribution in [3.63, 3.8) is 0 Å². The molecular formula is C17H23FN2O. The smallest absolute Gasteiger partial charge is 0.227 e. The molecule has 3 nitrogen and oxygen atoms in total. The molecule has 1 aromatic rings. The van der Waals surface area contributed by atoms with Crippen molar-refractivity contribution in [1.29, 1.82) is 0 Å². The van der Waals surface area contributed by atoms with E-state index in [-0.39, 0.29) is 23.7 Å². The summed E-state index contributed by atoms with van der Waals surface area (Å²) in [4.78, 5) is 14.8.